The lowest BCUT2D eigenvalue weighted by Gasteiger charge is -2.29. The topological polar surface area (TPSA) is 3.24 Å². The van der Waals surface area contributed by atoms with Crippen LogP contribution >= 0.6 is 22.7 Å². The minimum absolute atomic E-state index is 0.0819. The molecule has 9 aromatic rings. The van der Waals surface area contributed by atoms with E-state index < -0.39 is 0 Å². The zero-order chi connectivity index (χ0) is 32.0. The van der Waals surface area contributed by atoms with E-state index in [1.807, 2.05) is 22.7 Å². The summed E-state index contributed by atoms with van der Waals surface area (Å²) in [6.45, 7) is 4.73. The highest BCUT2D eigenvalue weighted by Crippen LogP contribution is 2.55. The third kappa shape index (κ3) is 3.95. The molecule has 0 saturated carbocycles. The van der Waals surface area contributed by atoms with E-state index in [-0.39, 0.29) is 5.41 Å². The van der Waals surface area contributed by atoms with Crippen molar-refractivity contribution in [1.82, 2.24) is 0 Å². The van der Waals surface area contributed by atoms with Gasteiger partial charge in [-0.15, -0.1) is 22.7 Å². The molecule has 0 amide bonds. The average Bonchev–Trinajstić information content (AvgIpc) is 3.77. The van der Waals surface area contributed by atoms with Crippen LogP contribution in [0.2, 0.25) is 0 Å². The number of thiophene rings is 2. The summed E-state index contributed by atoms with van der Waals surface area (Å²) >= 11 is 3.76. The first-order valence-electron chi connectivity index (χ1n) is 16.5. The first-order chi connectivity index (χ1) is 23.6. The molecular formula is C45H31NS2. The maximum atomic E-state index is 2.52. The average molecular weight is 650 g/mol. The molecule has 0 atom stereocenters. The molecule has 1 nitrogen and oxygen atoms in total. The fourth-order valence-corrected chi connectivity index (χ4v) is 10.4. The summed E-state index contributed by atoms with van der Waals surface area (Å²) in [7, 11) is 0. The lowest BCUT2D eigenvalue weighted by Crippen LogP contribution is -2.16. The Morgan fingerprint density at radius 3 is 1.92 bits per heavy atom. The van der Waals surface area contributed by atoms with Gasteiger partial charge in [0.1, 0.15) is 0 Å². The Labute approximate surface area is 288 Å². The van der Waals surface area contributed by atoms with E-state index in [0.29, 0.717) is 0 Å². The molecule has 0 unspecified atom stereocenters. The van der Waals surface area contributed by atoms with Gasteiger partial charge in [0.25, 0.3) is 0 Å². The largest absolute Gasteiger partial charge is 0.309 e. The van der Waals surface area contributed by atoms with E-state index in [9.17, 15) is 0 Å². The molecule has 0 aliphatic heterocycles. The molecule has 2 heterocycles. The summed E-state index contributed by atoms with van der Waals surface area (Å²) in [6, 6.07) is 56.2. The Bertz CT molecular complexity index is 2710. The van der Waals surface area contributed by atoms with Crippen molar-refractivity contribution < 1.29 is 0 Å². The summed E-state index contributed by atoms with van der Waals surface area (Å²) in [5.74, 6) is 0. The van der Waals surface area contributed by atoms with Crippen LogP contribution in [0.15, 0.2) is 152 Å². The van der Waals surface area contributed by atoms with Gasteiger partial charge in [-0.25, -0.2) is 0 Å². The molecule has 0 saturated heterocycles. The van der Waals surface area contributed by atoms with Crippen molar-refractivity contribution in [3.05, 3.63) is 163 Å². The van der Waals surface area contributed by atoms with Crippen molar-refractivity contribution in [3.8, 4) is 22.3 Å². The van der Waals surface area contributed by atoms with Crippen LogP contribution in [0.5, 0.6) is 0 Å². The van der Waals surface area contributed by atoms with Gasteiger partial charge in [0.15, 0.2) is 0 Å². The molecule has 2 aromatic heterocycles. The molecule has 0 fully saturated rings. The Kier molecular flexibility index (Phi) is 6.03. The smallest absolute Gasteiger partial charge is 0.0555 e. The lowest BCUT2D eigenvalue weighted by atomic mass is 9.82. The number of rotatable bonds is 4. The van der Waals surface area contributed by atoms with Crippen molar-refractivity contribution in [2.24, 2.45) is 0 Å². The van der Waals surface area contributed by atoms with Crippen LogP contribution in [0.3, 0.4) is 0 Å². The standard InChI is InChI=1S/C45H31NS2/c1-45(2)35-17-6-3-13-33(35)42-36(45)18-10-19-37(42)46(38-20-11-23-41-43(38)34-14-5-8-22-40(34)47-41)29-26-24-28(25-27-29)30-15-9-16-32-31-12-4-7-21-39(31)48-44(30)32/h3-27H,1-2H3. The van der Waals surface area contributed by atoms with Gasteiger partial charge in [-0.2, -0.15) is 0 Å². The Balaban J connectivity index is 1.22. The molecule has 3 heteroatoms. The molecular weight excluding hydrogens is 619 g/mol. The normalized spacial score (nSPS) is 13.4. The molecule has 0 spiro atoms. The van der Waals surface area contributed by atoms with Gasteiger partial charge in [-0.3, -0.25) is 0 Å². The molecule has 0 radical (unpaired) electrons. The van der Waals surface area contributed by atoms with Gasteiger partial charge in [-0.05, 0) is 70.3 Å². The highest BCUT2D eigenvalue weighted by atomic mass is 32.1. The van der Waals surface area contributed by atoms with E-state index in [0.717, 1.165) is 5.69 Å². The van der Waals surface area contributed by atoms with E-state index in [1.165, 1.54) is 85.1 Å². The molecule has 7 aromatic carbocycles. The maximum Gasteiger partial charge on any atom is 0.0555 e. The van der Waals surface area contributed by atoms with Crippen molar-refractivity contribution in [3.63, 3.8) is 0 Å². The zero-order valence-corrected chi connectivity index (χ0v) is 28.3. The summed E-state index contributed by atoms with van der Waals surface area (Å²) in [4.78, 5) is 2.52. The number of benzene rings is 7. The van der Waals surface area contributed by atoms with Gasteiger partial charge in [0.2, 0.25) is 0 Å². The number of hydrogen-bond donors (Lipinski definition) is 0. The van der Waals surface area contributed by atoms with Crippen LogP contribution in [-0.2, 0) is 5.41 Å². The van der Waals surface area contributed by atoms with Gasteiger partial charge < -0.3 is 4.90 Å². The SMILES string of the molecule is CC1(C)c2ccccc2-c2c(N(c3ccc(-c4cccc5c4sc4ccccc45)cc3)c3cccc4sc5ccccc5c34)cccc21. The van der Waals surface area contributed by atoms with Gasteiger partial charge in [0, 0.05) is 57.0 Å². The summed E-state index contributed by atoms with van der Waals surface area (Å²) in [5.41, 5.74) is 11.4. The van der Waals surface area contributed by atoms with Gasteiger partial charge in [0.05, 0.1) is 11.4 Å². The van der Waals surface area contributed by atoms with Gasteiger partial charge in [-0.1, -0.05) is 123 Å². The summed E-state index contributed by atoms with van der Waals surface area (Å²) in [6.07, 6.45) is 0. The van der Waals surface area contributed by atoms with Gasteiger partial charge >= 0.3 is 0 Å². The van der Waals surface area contributed by atoms with Crippen LogP contribution < -0.4 is 4.90 Å². The molecule has 1 aliphatic rings. The molecule has 48 heavy (non-hydrogen) atoms. The van der Waals surface area contributed by atoms with E-state index >= 15 is 0 Å². The minimum Gasteiger partial charge on any atom is -0.309 e. The number of hydrogen-bond acceptors (Lipinski definition) is 3. The van der Waals surface area contributed by atoms with E-state index in [2.05, 4.69) is 170 Å². The van der Waals surface area contributed by atoms with Crippen molar-refractivity contribution >= 4 is 80.1 Å². The summed E-state index contributed by atoms with van der Waals surface area (Å²) in [5, 5.41) is 5.27. The fourth-order valence-electron chi connectivity index (χ4n) is 8.04. The first-order valence-corrected chi connectivity index (χ1v) is 18.2. The second-order valence-corrected chi connectivity index (χ2v) is 15.4. The predicted octanol–water partition coefficient (Wildman–Crippen LogP) is 13.9. The Hall–Kier alpha value is -5.22. The van der Waals surface area contributed by atoms with Crippen LogP contribution in [0, 0.1) is 0 Å². The van der Waals surface area contributed by atoms with Crippen LogP contribution in [-0.4, -0.2) is 0 Å². The quantitative estimate of drug-likeness (QED) is 0.183. The highest BCUT2D eigenvalue weighted by molar-refractivity contribution is 7.26. The van der Waals surface area contributed by atoms with Crippen LogP contribution in [0.25, 0.3) is 62.6 Å². The number of fused-ring (bicyclic) bond motifs is 9. The second-order valence-electron chi connectivity index (χ2n) is 13.3. The molecule has 1 aliphatic carbocycles. The third-order valence-electron chi connectivity index (χ3n) is 10.3. The predicted molar refractivity (Wildman–Crippen MR) is 210 cm³/mol. The van der Waals surface area contributed by atoms with Crippen LogP contribution in [0.1, 0.15) is 25.0 Å². The van der Waals surface area contributed by atoms with Crippen molar-refractivity contribution in [2.75, 3.05) is 4.90 Å². The molecule has 0 bridgehead atoms. The number of nitrogens with zero attached hydrogens (tertiary/aromatic N) is 1. The molecule has 10 rings (SSSR count). The molecule has 228 valence electrons. The fraction of sp³-hybridized carbons (Fsp3) is 0.0667. The minimum atomic E-state index is -0.0819. The van der Waals surface area contributed by atoms with E-state index in [1.54, 1.807) is 0 Å². The Morgan fingerprint density at radius 2 is 1.06 bits per heavy atom. The first kappa shape index (κ1) is 27.9. The second kappa shape index (κ2) is 10.4. The number of anilines is 3. The third-order valence-corrected chi connectivity index (χ3v) is 12.6. The van der Waals surface area contributed by atoms with Crippen molar-refractivity contribution in [1.29, 1.82) is 0 Å². The summed E-state index contributed by atoms with van der Waals surface area (Å²) < 4.78 is 5.30. The maximum absolute atomic E-state index is 2.52. The molecule has 0 N–H and O–H groups in total. The highest BCUT2D eigenvalue weighted by Gasteiger charge is 2.38. The Morgan fingerprint density at radius 1 is 0.458 bits per heavy atom. The lowest BCUT2D eigenvalue weighted by molar-refractivity contribution is 0.660. The van der Waals surface area contributed by atoms with E-state index in [4.69, 9.17) is 0 Å². The zero-order valence-electron chi connectivity index (χ0n) is 26.7. The monoisotopic (exact) mass is 649 g/mol. The van der Waals surface area contributed by atoms with Crippen LogP contribution in [0.4, 0.5) is 17.1 Å². The van der Waals surface area contributed by atoms with Crippen molar-refractivity contribution in [2.45, 2.75) is 19.3 Å².